The normalized spacial score (nSPS) is 11.2. The first-order valence-electron chi connectivity index (χ1n) is 17.1. The summed E-state index contributed by atoms with van der Waals surface area (Å²) in [5.74, 6) is 0.691. The molecular weight excluding hydrogens is 621 g/mol. The Balaban J connectivity index is 1.10. The summed E-state index contributed by atoms with van der Waals surface area (Å²) in [6, 6.07) is 60.8. The van der Waals surface area contributed by atoms with Crippen molar-refractivity contribution in [3.05, 3.63) is 181 Å². The lowest BCUT2D eigenvalue weighted by Gasteiger charge is -2.12. The van der Waals surface area contributed by atoms with Crippen LogP contribution in [-0.2, 0) is 0 Å². The van der Waals surface area contributed by atoms with Gasteiger partial charge in [-0.2, -0.15) is 0 Å². The van der Waals surface area contributed by atoms with E-state index in [2.05, 4.69) is 140 Å². The smallest absolute Gasteiger partial charge is 0.160 e. The summed E-state index contributed by atoms with van der Waals surface area (Å²) in [6.07, 6.45) is 0. The number of rotatable bonds is 6. The minimum Gasteiger partial charge on any atom is -0.245 e. The highest BCUT2D eigenvalue weighted by Crippen LogP contribution is 2.33. The Morgan fingerprint density at radius 3 is 1.35 bits per heavy atom. The van der Waals surface area contributed by atoms with Crippen LogP contribution in [0.25, 0.3) is 89.4 Å². The molecule has 0 bridgehead atoms. The van der Waals surface area contributed by atoms with Gasteiger partial charge in [-0.25, -0.2) is 19.9 Å². The molecule has 0 fully saturated rings. The van der Waals surface area contributed by atoms with E-state index < -0.39 is 0 Å². The molecule has 0 saturated carbocycles. The van der Waals surface area contributed by atoms with Gasteiger partial charge in [0.15, 0.2) is 5.82 Å². The third-order valence-electron chi connectivity index (χ3n) is 9.44. The molecule has 0 atom stereocenters. The van der Waals surface area contributed by atoms with Crippen LogP contribution in [0, 0.1) is 6.92 Å². The highest BCUT2D eigenvalue weighted by Gasteiger charge is 2.14. The minimum atomic E-state index is 0.691. The fraction of sp³-hybridized carbons (Fsp3) is 0.0213. The summed E-state index contributed by atoms with van der Waals surface area (Å²) >= 11 is 0. The molecule has 0 aliphatic heterocycles. The molecule has 0 N–H and O–H groups in total. The first-order chi connectivity index (χ1) is 25.2. The number of aryl methyl sites for hydroxylation is 1. The zero-order valence-corrected chi connectivity index (χ0v) is 28.0. The average molecular weight is 653 g/mol. The standard InChI is InChI=1S/C47H32N4/c1-31-29-42(49-46-40(31)27-25-38-26-28-41(48-45(38)46)34-13-7-3-8-14-34)36-19-21-37(22-20-36)44-30-43(35-15-9-4-10-16-35)50-47(51-44)39-23-17-33(18-24-39)32-11-5-2-6-12-32/h2-30H,1H3. The highest BCUT2D eigenvalue weighted by atomic mass is 14.9. The first-order valence-corrected chi connectivity index (χ1v) is 17.1. The van der Waals surface area contributed by atoms with Crippen LogP contribution >= 0.6 is 0 Å². The molecular formula is C47H32N4. The molecule has 0 radical (unpaired) electrons. The summed E-state index contributed by atoms with van der Waals surface area (Å²) in [5.41, 5.74) is 14.1. The second kappa shape index (κ2) is 12.9. The molecule has 51 heavy (non-hydrogen) atoms. The van der Waals surface area contributed by atoms with Gasteiger partial charge < -0.3 is 0 Å². The Morgan fingerprint density at radius 1 is 0.314 bits per heavy atom. The molecule has 4 heteroatoms. The van der Waals surface area contributed by atoms with Gasteiger partial charge in [-0.05, 0) is 41.8 Å². The van der Waals surface area contributed by atoms with E-state index in [0.29, 0.717) is 5.82 Å². The molecule has 240 valence electrons. The SMILES string of the molecule is Cc1cc(-c2ccc(-c3cc(-c4ccccc4)nc(-c4ccc(-c5ccccc5)cc4)n3)cc2)nc2c1ccc1ccc(-c3ccccc3)nc12. The molecule has 0 saturated heterocycles. The lowest BCUT2D eigenvalue weighted by atomic mass is 10.0. The molecule has 6 aromatic carbocycles. The van der Waals surface area contributed by atoms with Crippen LogP contribution in [0.1, 0.15) is 5.56 Å². The number of pyridine rings is 2. The number of fused-ring (bicyclic) bond motifs is 3. The Kier molecular flexibility index (Phi) is 7.67. The van der Waals surface area contributed by atoms with E-state index in [1.54, 1.807) is 0 Å². The largest absolute Gasteiger partial charge is 0.245 e. The summed E-state index contributed by atoms with van der Waals surface area (Å²) in [6.45, 7) is 2.15. The summed E-state index contributed by atoms with van der Waals surface area (Å²) in [7, 11) is 0. The van der Waals surface area contributed by atoms with Crippen molar-refractivity contribution in [2.45, 2.75) is 6.92 Å². The Bertz CT molecular complexity index is 2650. The van der Waals surface area contributed by atoms with Gasteiger partial charge in [-0.15, -0.1) is 0 Å². The monoisotopic (exact) mass is 652 g/mol. The van der Waals surface area contributed by atoms with Crippen molar-refractivity contribution in [2.24, 2.45) is 0 Å². The van der Waals surface area contributed by atoms with Gasteiger partial charge in [0, 0.05) is 38.6 Å². The fourth-order valence-corrected chi connectivity index (χ4v) is 6.69. The number of hydrogen-bond donors (Lipinski definition) is 0. The quantitative estimate of drug-likeness (QED) is 0.168. The van der Waals surface area contributed by atoms with E-state index in [4.69, 9.17) is 19.9 Å². The first kappa shape index (κ1) is 30.3. The molecule has 0 aliphatic carbocycles. The second-order valence-electron chi connectivity index (χ2n) is 12.8. The molecule has 0 aliphatic rings. The zero-order chi connectivity index (χ0) is 34.1. The topological polar surface area (TPSA) is 51.6 Å². The number of aromatic nitrogens is 4. The van der Waals surface area contributed by atoms with Crippen molar-refractivity contribution in [2.75, 3.05) is 0 Å². The summed E-state index contributed by atoms with van der Waals surface area (Å²) < 4.78 is 0. The van der Waals surface area contributed by atoms with Gasteiger partial charge in [-0.1, -0.05) is 158 Å². The fourth-order valence-electron chi connectivity index (χ4n) is 6.69. The molecule has 9 aromatic rings. The lowest BCUT2D eigenvalue weighted by molar-refractivity contribution is 1.18. The highest BCUT2D eigenvalue weighted by molar-refractivity contribution is 6.05. The Labute approximate surface area is 296 Å². The third kappa shape index (κ3) is 5.94. The molecule has 3 heterocycles. The molecule has 3 aromatic heterocycles. The molecule has 4 nitrogen and oxygen atoms in total. The third-order valence-corrected chi connectivity index (χ3v) is 9.44. The molecule has 0 unspecified atom stereocenters. The lowest BCUT2D eigenvalue weighted by Crippen LogP contribution is -1.96. The summed E-state index contributed by atoms with van der Waals surface area (Å²) in [5, 5.41) is 2.18. The van der Waals surface area contributed by atoms with E-state index in [0.717, 1.165) is 78.0 Å². The van der Waals surface area contributed by atoms with Gasteiger partial charge >= 0.3 is 0 Å². The number of hydrogen-bond acceptors (Lipinski definition) is 4. The van der Waals surface area contributed by atoms with Crippen molar-refractivity contribution in [1.82, 2.24) is 19.9 Å². The van der Waals surface area contributed by atoms with Crippen molar-refractivity contribution in [3.8, 4) is 67.5 Å². The van der Waals surface area contributed by atoms with E-state index >= 15 is 0 Å². The van der Waals surface area contributed by atoms with E-state index in [9.17, 15) is 0 Å². The van der Waals surface area contributed by atoms with Gasteiger partial charge in [0.05, 0.1) is 33.8 Å². The predicted octanol–water partition coefficient (Wildman–Crippen LogP) is 11.9. The summed E-state index contributed by atoms with van der Waals surface area (Å²) in [4.78, 5) is 20.5. The predicted molar refractivity (Wildman–Crippen MR) is 210 cm³/mol. The maximum atomic E-state index is 5.22. The second-order valence-corrected chi connectivity index (χ2v) is 12.8. The van der Waals surface area contributed by atoms with Gasteiger partial charge in [0.25, 0.3) is 0 Å². The van der Waals surface area contributed by atoms with Crippen molar-refractivity contribution < 1.29 is 0 Å². The number of nitrogens with zero attached hydrogens (tertiary/aromatic N) is 4. The van der Waals surface area contributed by atoms with Gasteiger partial charge in [-0.3, -0.25) is 0 Å². The molecule has 0 spiro atoms. The van der Waals surface area contributed by atoms with Crippen molar-refractivity contribution in [3.63, 3.8) is 0 Å². The average Bonchev–Trinajstić information content (AvgIpc) is 3.21. The van der Waals surface area contributed by atoms with E-state index in [-0.39, 0.29) is 0 Å². The minimum absolute atomic E-state index is 0.691. The Hall–Kier alpha value is -6.78. The number of benzene rings is 6. The van der Waals surface area contributed by atoms with Gasteiger partial charge in [0.1, 0.15) is 0 Å². The van der Waals surface area contributed by atoms with E-state index in [1.165, 1.54) is 11.1 Å². The van der Waals surface area contributed by atoms with Crippen molar-refractivity contribution in [1.29, 1.82) is 0 Å². The van der Waals surface area contributed by atoms with Crippen LogP contribution in [0.15, 0.2) is 176 Å². The van der Waals surface area contributed by atoms with Gasteiger partial charge in [0.2, 0.25) is 0 Å². The van der Waals surface area contributed by atoms with Crippen LogP contribution in [0.5, 0.6) is 0 Å². The van der Waals surface area contributed by atoms with Crippen LogP contribution in [0.3, 0.4) is 0 Å². The maximum absolute atomic E-state index is 5.22. The Morgan fingerprint density at radius 2 is 0.745 bits per heavy atom. The molecule has 9 rings (SSSR count). The maximum Gasteiger partial charge on any atom is 0.160 e. The zero-order valence-electron chi connectivity index (χ0n) is 28.0. The molecule has 0 amide bonds. The van der Waals surface area contributed by atoms with Crippen LogP contribution in [0.2, 0.25) is 0 Å². The van der Waals surface area contributed by atoms with Crippen LogP contribution in [0.4, 0.5) is 0 Å². The van der Waals surface area contributed by atoms with Crippen LogP contribution in [-0.4, -0.2) is 19.9 Å². The van der Waals surface area contributed by atoms with E-state index in [1.807, 2.05) is 42.5 Å². The van der Waals surface area contributed by atoms with Crippen molar-refractivity contribution >= 4 is 21.8 Å². The van der Waals surface area contributed by atoms with Crippen LogP contribution < -0.4 is 0 Å².